The van der Waals surface area contributed by atoms with E-state index in [2.05, 4.69) is 20.9 Å². The van der Waals surface area contributed by atoms with Crippen LogP contribution in [0.2, 0.25) is 0 Å². The Morgan fingerprint density at radius 3 is 2.05 bits per heavy atom. The van der Waals surface area contributed by atoms with Gasteiger partial charge in [0.1, 0.15) is 18.1 Å². The lowest BCUT2D eigenvalue weighted by atomic mass is 9.98. The summed E-state index contributed by atoms with van der Waals surface area (Å²) in [6.07, 6.45) is 2.13. The summed E-state index contributed by atoms with van der Waals surface area (Å²) in [6.45, 7) is 10.9. The highest BCUT2D eigenvalue weighted by atomic mass is 16.4. The molecule has 0 saturated carbocycles. The maximum Gasteiger partial charge on any atom is 0.326 e. The van der Waals surface area contributed by atoms with Crippen molar-refractivity contribution < 1.29 is 24.3 Å². The maximum absolute atomic E-state index is 13.3. The van der Waals surface area contributed by atoms with E-state index in [1.807, 2.05) is 52.0 Å². The van der Waals surface area contributed by atoms with Crippen molar-refractivity contribution in [3.63, 3.8) is 0 Å². The third-order valence-electron chi connectivity index (χ3n) is 6.32. The lowest BCUT2D eigenvalue weighted by Gasteiger charge is -2.27. The van der Waals surface area contributed by atoms with Gasteiger partial charge >= 0.3 is 5.97 Å². The van der Waals surface area contributed by atoms with Gasteiger partial charge in [-0.3, -0.25) is 14.4 Å². The Morgan fingerprint density at radius 2 is 1.49 bits per heavy atom. The number of hydrogen-bond acceptors (Lipinski definition) is 5. The number of aliphatic carboxylic acids is 1. The molecule has 1 aromatic heterocycles. The Morgan fingerprint density at radius 1 is 0.865 bits per heavy atom. The number of fused-ring (bicyclic) bond motifs is 1. The van der Waals surface area contributed by atoms with Crippen LogP contribution in [0.3, 0.4) is 0 Å². The summed E-state index contributed by atoms with van der Waals surface area (Å²) >= 11 is 0. The fourth-order valence-corrected chi connectivity index (χ4v) is 4.04. The molecule has 10 nitrogen and oxygen atoms in total. The van der Waals surface area contributed by atoms with E-state index in [-0.39, 0.29) is 30.6 Å². The molecule has 2 rings (SSSR count). The number of H-pyrrole nitrogens is 1. The van der Waals surface area contributed by atoms with Crippen LogP contribution in [0.4, 0.5) is 0 Å². The van der Waals surface area contributed by atoms with Gasteiger partial charge in [-0.1, -0.05) is 59.7 Å². The maximum atomic E-state index is 13.3. The summed E-state index contributed by atoms with van der Waals surface area (Å²) in [6, 6.07) is 3.68. The number of aromatic amines is 1. The van der Waals surface area contributed by atoms with E-state index in [0.717, 1.165) is 16.5 Å². The number of nitrogens with one attached hydrogen (secondary N) is 4. The quantitative estimate of drug-likeness (QED) is 0.238. The number of nitrogens with two attached hydrogens (primary N) is 1. The molecule has 0 radical (unpaired) electrons. The van der Waals surface area contributed by atoms with Crippen molar-refractivity contribution in [2.24, 2.45) is 23.5 Å². The molecule has 0 bridgehead atoms. The normalized spacial score (nSPS) is 14.9. The van der Waals surface area contributed by atoms with Crippen LogP contribution in [0.5, 0.6) is 0 Å². The van der Waals surface area contributed by atoms with Gasteiger partial charge in [-0.2, -0.15) is 0 Å². The number of amides is 3. The van der Waals surface area contributed by atoms with E-state index in [4.69, 9.17) is 5.73 Å². The highest BCUT2D eigenvalue weighted by Gasteiger charge is 2.32. The van der Waals surface area contributed by atoms with Gasteiger partial charge in [-0.15, -0.1) is 0 Å². The Balaban J connectivity index is 2.32. The number of rotatable bonds is 13. The average Bonchev–Trinajstić information content (AvgIpc) is 3.22. The highest BCUT2D eigenvalue weighted by molar-refractivity contribution is 5.95. The SMILES string of the molecule is CC(C)CC(NC(=O)C(Cc1c[nH]c2ccccc12)NC(=O)C(NC(=O)C(N)C(C)C)C(C)C)C(=O)O. The third kappa shape index (κ3) is 8.31. The van der Waals surface area contributed by atoms with E-state index in [0.29, 0.717) is 0 Å². The smallest absolute Gasteiger partial charge is 0.326 e. The zero-order valence-electron chi connectivity index (χ0n) is 22.5. The standard InChI is InChI=1S/C27H41N5O5/c1-14(2)11-21(27(36)37)31-24(33)20(12-17-13-29-19-10-8-7-9-18(17)19)30-26(35)23(16(5)6)32-25(34)22(28)15(3)4/h7-10,13-16,20-23,29H,11-12,28H2,1-6H3,(H,30,35)(H,31,33)(H,32,34)(H,36,37). The summed E-state index contributed by atoms with van der Waals surface area (Å²) < 4.78 is 0. The molecule has 2 aromatic rings. The minimum atomic E-state index is -1.14. The number of hydrogen-bond donors (Lipinski definition) is 6. The summed E-state index contributed by atoms with van der Waals surface area (Å²) in [5, 5.41) is 18.6. The van der Waals surface area contributed by atoms with Gasteiger partial charge in [-0.25, -0.2) is 4.79 Å². The fourth-order valence-electron chi connectivity index (χ4n) is 4.04. The molecule has 1 heterocycles. The van der Waals surface area contributed by atoms with Crippen molar-refractivity contribution in [3.8, 4) is 0 Å². The Hall–Kier alpha value is -3.40. The van der Waals surface area contributed by atoms with Gasteiger partial charge in [0.05, 0.1) is 6.04 Å². The summed E-state index contributed by atoms with van der Waals surface area (Å²) in [5.74, 6) is -3.13. The van der Waals surface area contributed by atoms with Gasteiger partial charge in [0.2, 0.25) is 17.7 Å². The van der Waals surface area contributed by atoms with Crippen LogP contribution < -0.4 is 21.7 Å². The molecule has 0 aliphatic carbocycles. The molecule has 204 valence electrons. The Kier molecular flexibility index (Phi) is 10.7. The van der Waals surface area contributed by atoms with Crippen LogP contribution in [-0.2, 0) is 25.6 Å². The molecule has 1 aromatic carbocycles. The van der Waals surface area contributed by atoms with E-state index < -0.39 is 47.9 Å². The lowest BCUT2D eigenvalue weighted by molar-refractivity contribution is -0.142. The zero-order chi connectivity index (χ0) is 27.9. The number of para-hydroxylation sites is 1. The molecule has 3 amide bonds. The van der Waals surface area contributed by atoms with Crippen LogP contribution >= 0.6 is 0 Å². The van der Waals surface area contributed by atoms with Crippen molar-refractivity contribution in [2.75, 3.05) is 0 Å². The predicted octanol–water partition coefficient (Wildman–Crippen LogP) is 1.93. The summed E-state index contributed by atoms with van der Waals surface area (Å²) in [5.41, 5.74) is 7.62. The van der Waals surface area contributed by atoms with E-state index in [1.54, 1.807) is 20.0 Å². The Labute approximate surface area is 218 Å². The number of carboxylic acids is 1. The molecule has 7 N–H and O–H groups in total. The van der Waals surface area contributed by atoms with Crippen LogP contribution in [0, 0.1) is 17.8 Å². The van der Waals surface area contributed by atoms with Gasteiger partial charge in [-0.05, 0) is 35.8 Å². The fraction of sp³-hybridized carbons (Fsp3) is 0.556. The first-order chi connectivity index (χ1) is 17.3. The van der Waals surface area contributed by atoms with Crippen LogP contribution in [0.25, 0.3) is 10.9 Å². The van der Waals surface area contributed by atoms with Gasteiger partial charge in [0.25, 0.3) is 0 Å². The van der Waals surface area contributed by atoms with Crippen molar-refractivity contribution in [1.82, 2.24) is 20.9 Å². The molecule has 10 heteroatoms. The molecule has 37 heavy (non-hydrogen) atoms. The van der Waals surface area contributed by atoms with Crippen molar-refractivity contribution in [3.05, 3.63) is 36.0 Å². The number of carbonyl (C=O) groups is 4. The van der Waals surface area contributed by atoms with Crippen molar-refractivity contribution in [1.29, 1.82) is 0 Å². The first-order valence-corrected chi connectivity index (χ1v) is 12.8. The molecule has 0 aliphatic heterocycles. The molecule has 0 spiro atoms. The van der Waals surface area contributed by atoms with Crippen LogP contribution in [0.15, 0.2) is 30.5 Å². The van der Waals surface area contributed by atoms with Gasteiger partial charge in [0, 0.05) is 23.5 Å². The second-order valence-corrected chi connectivity index (χ2v) is 10.7. The molecule has 0 saturated heterocycles. The third-order valence-corrected chi connectivity index (χ3v) is 6.32. The van der Waals surface area contributed by atoms with E-state index >= 15 is 0 Å². The minimum absolute atomic E-state index is 0.0359. The van der Waals surface area contributed by atoms with Crippen LogP contribution in [0.1, 0.15) is 53.5 Å². The predicted molar refractivity (Wildman–Crippen MR) is 143 cm³/mol. The van der Waals surface area contributed by atoms with Crippen LogP contribution in [-0.4, -0.2) is 57.9 Å². The second-order valence-electron chi connectivity index (χ2n) is 10.7. The average molecular weight is 516 g/mol. The second kappa shape index (κ2) is 13.2. The molecule has 4 atom stereocenters. The Bertz CT molecular complexity index is 1090. The molecule has 0 fully saturated rings. The van der Waals surface area contributed by atoms with Gasteiger partial charge in [0.15, 0.2) is 0 Å². The number of aromatic nitrogens is 1. The highest BCUT2D eigenvalue weighted by Crippen LogP contribution is 2.20. The monoisotopic (exact) mass is 515 g/mol. The number of carbonyl (C=O) groups excluding carboxylic acids is 3. The first-order valence-electron chi connectivity index (χ1n) is 12.8. The van der Waals surface area contributed by atoms with E-state index in [9.17, 15) is 24.3 Å². The van der Waals surface area contributed by atoms with E-state index in [1.165, 1.54) is 0 Å². The van der Waals surface area contributed by atoms with Crippen molar-refractivity contribution >= 4 is 34.6 Å². The summed E-state index contributed by atoms with van der Waals surface area (Å²) in [7, 11) is 0. The minimum Gasteiger partial charge on any atom is -0.480 e. The van der Waals surface area contributed by atoms with Gasteiger partial charge < -0.3 is 31.8 Å². The molecular weight excluding hydrogens is 474 g/mol. The summed E-state index contributed by atoms with van der Waals surface area (Å²) in [4.78, 5) is 54.2. The molecule has 4 unspecified atom stereocenters. The first kappa shape index (κ1) is 29.8. The molecule has 0 aliphatic rings. The zero-order valence-corrected chi connectivity index (χ0v) is 22.5. The lowest BCUT2D eigenvalue weighted by Crippen LogP contribution is -2.59. The topological polar surface area (TPSA) is 166 Å². The molecular formula is C27H41N5O5. The van der Waals surface area contributed by atoms with Crippen molar-refractivity contribution in [2.45, 2.75) is 78.6 Å². The number of benzene rings is 1. The largest absolute Gasteiger partial charge is 0.480 e. The number of carboxylic acid groups (broad SMARTS) is 1.